The van der Waals surface area contributed by atoms with Crippen LogP contribution in [-0.2, 0) is 9.53 Å². The van der Waals surface area contributed by atoms with Crippen molar-refractivity contribution in [2.45, 2.75) is 18.6 Å². The third kappa shape index (κ3) is 3.01. The molecule has 1 aliphatic heterocycles. The Labute approximate surface area is 165 Å². The third-order valence-corrected chi connectivity index (χ3v) is 5.61. The number of aliphatic carboxylic acids is 1. The number of imidazole rings is 1. The molecule has 1 aromatic carbocycles. The van der Waals surface area contributed by atoms with Crippen LogP contribution in [0.15, 0.2) is 36.9 Å². The van der Waals surface area contributed by atoms with Gasteiger partial charge in [0, 0.05) is 37.5 Å². The number of fused-ring (bicyclic) bond motifs is 1. The molecule has 1 aliphatic rings. The molecular weight excluding hydrogens is 391 g/mol. The first kappa shape index (κ1) is 18.0. The lowest BCUT2D eigenvalue weighted by Crippen LogP contribution is -2.43. The maximum Gasteiger partial charge on any atom is 0.329 e. The van der Waals surface area contributed by atoms with Gasteiger partial charge in [-0.3, -0.25) is 0 Å². The van der Waals surface area contributed by atoms with E-state index >= 15 is 0 Å². The van der Waals surface area contributed by atoms with Gasteiger partial charge in [0.05, 0.1) is 33.7 Å². The molecule has 4 rings (SSSR count). The van der Waals surface area contributed by atoms with Crippen molar-refractivity contribution in [3.05, 3.63) is 47.0 Å². The molecule has 0 amide bonds. The molecule has 3 aromatic rings. The molecule has 7 nitrogen and oxygen atoms in total. The Hall–Kier alpha value is -2.35. The van der Waals surface area contributed by atoms with Crippen LogP contribution in [0, 0.1) is 0 Å². The van der Waals surface area contributed by atoms with Crippen molar-refractivity contribution in [1.29, 1.82) is 0 Å². The Balaban J connectivity index is 1.94. The van der Waals surface area contributed by atoms with Gasteiger partial charge in [-0.05, 0) is 18.6 Å². The Morgan fingerprint density at radius 2 is 2.19 bits per heavy atom. The summed E-state index contributed by atoms with van der Waals surface area (Å²) in [6.45, 7) is 0.509. The van der Waals surface area contributed by atoms with E-state index in [1.54, 1.807) is 29.7 Å². The molecular formula is C18H16Cl2N4O3. The van der Waals surface area contributed by atoms with E-state index in [1.165, 1.54) is 7.11 Å². The van der Waals surface area contributed by atoms with Crippen molar-refractivity contribution in [3.63, 3.8) is 0 Å². The first-order valence-corrected chi connectivity index (χ1v) is 9.06. The van der Waals surface area contributed by atoms with Crippen LogP contribution in [0.1, 0.15) is 6.42 Å². The van der Waals surface area contributed by atoms with Crippen molar-refractivity contribution >= 4 is 45.9 Å². The second-order valence-electron chi connectivity index (χ2n) is 6.27. The van der Waals surface area contributed by atoms with E-state index in [1.807, 2.05) is 16.7 Å². The zero-order valence-electron chi connectivity index (χ0n) is 14.3. The van der Waals surface area contributed by atoms with Crippen LogP contribution in [0.25, 0.3) is 16.6 Å². The minimum atomic E-state index is -0.956. The average molecular weight is 407 g/mol. The van der Waals surface area contributed by atoms with Gasteiger partial charge in [0.25, 0.3) is 0 Å². The highest BCUT2D eigenvalue weighted by Crippen LogP contribution is 2.36. The fourth-order valence-corrected chi connectivity index (χ4v) is 3.88. The van der Waals surface area contributed by atoms with Gasteiger partial charge in [-0.1, -0.05) is 23.2 Å². The van der Waals surface area contributed by atoms with E-state index in [4.69, 9.17) is 27.9 Å². The molecule has 1 saturated heterocycles. The number of carbonyl (C=O) groups is 1. The Morgan fingerprint density at radius 3 is 2.85 bits per heavy atom. The van der Waals surface area contributed by atoms with Crippen LogP contribution < -0.4 is 4.90 Å². The number of carboxylic acids is 1. The van der Waals surface area contributed by atoms with Gasteiger partial charge in [0.1, 0.15) is 5.82 Å². The fraction of sp³-hybridized carbons (Fsp3) is 0.278. The molecule has 3 heterocycles. The van der Waals surface area contributed by atoms with E-state index in [0.717, 1.165) is 11.1 Å². The molecule has 140 valence electrons. The number of anilines is 1. The molecule has 0 spiro atoms. The lowest BCUT2D eigenvalue weighted by atomic mass is 10.1. The van der Waals surface area contributed by atoms with Crippen molar-refractivity contribution in [2.24, 2.45) is 0 Å². The molecule has 0 saturated carbocycles. The molecule has 2 aromatic heterocycles. The van der Waals surface area contributed by atoms with E-state index in [2.05, 4.69) is 9.97 Å². The molecule has 27 heavy (non-hydrogen) atoms. The van der Waals surface area contributed by atoms with Gasteiger partial charge in [-0.15, -0.1) is 0 Å². The van der Waals surface area contributed by atoms with Crippen LogP contribution in [0.5, 0.6) is 0 Å². The highest BCUT2D eigenvalue weighted by atomic mass is 35.5. The summed E-state index contributed by atoms with van der Waals surface area (Å²) in [5.41, 5.74) is 1.30. The third-order valence-electron chi connectivity index (χ3n) is 4.81. The number of methoxy groups -OCH3 is 1. The lowest BCUT2D eigenvalue weighted by molar-refractivity contribution is -0.141. The lowest BCUT2D eigenvalue weighted by Gasteiger charge is -2.26. The fourth-order valence-electron chi connectivity index (χ4n) is 3.53. The number of halogens is 2. The largest absolute Gasteiger partial charge is 0.480 e. The van der Waals surface area contributed by atoms with Gasteiger partial charge < -0.3 is 19.3 Å². The van der Waals surface area contributed by atoms with E-state index in [9.17, 15) is 9.90 Å². The predicted octanol–water partition coefficient (Wildman–Crippen LogP) is 3.41. The maximum atomic E-state index is 11.8. The summed E-state index contributed by atoms with van der Waals surface area (Å²) in [6, 6.07) is 4.56. The van der Waals surface area contributed by atoms with Crippen LogP contribution in [0.4, 0.5) is 5.82 Å². The Bertz CT molecular complexity index is 1010. The van der Waals surface area contributed by atoms with E-state index in [-0.39, 0.29) is 0 Å². The predicted molar refractivity (Wildman–Crippen MR) is 103 cm³/mol. The molecule has 0 radical (unpaired) electrons. The topological polar surface area (TPSA) is 80.5 Å². The van der Waals surface area contributed by atoms with Crippen LogP contribution in [0.3, 0.4) is 0 Å². The van der Waals surface area contributed by atoms with Gasteiger partial charge in [-0.25, -0.2) is 14.8 Å². The number of hydrogen-bond donors (Lipinski definition) is 1. The number of carboxylic acid groups (broad SMARTS) is 1. The zero-order valence-corrected chi connectivity index (χ0v) is 15.9. The summed E-state index contributed by atoms with van der Waals surface area (Å²) in [7, 11) is 1.52. The number of hydrogen-bond acceptors (Lipinski definition) is 5. The van der Waals surface area contributed by atoms with Gasteiger partial charge in [0.15, 0.2) is 6.04 Å². The van der Waals surface area contributed by atoms with E-state index in [0.29, 0.717) is 34.3 Å². The molecule has 2 unspecified atom stereocenters. The molecule has 0 aliphatic carbocycles. The number of benzene rings is 1. The molecule has 0 bridgehead atoms. The monoisotopic (exact) mass is 406 g/mol. The summed E-state index contributed by atoms with van der Waals surface area (Å²) >= 11 is 12.6. The first-order valence-electron chi connectivity index (χ1n) is 8.30. The van der Waals surface area contributed by atoms with Crippen molar-refractivity contribution in [2.75, 3.05) is 18.6 Å². The SMILES string of the molecule is COC1CCN(c2cc(-n3ccnc3)c3ccc(Cl)c(Cl)c3n2)C1C(=O)O. The van der Waals surface area contributed by atoms with Crippen LogP contribution in [0.2, 0.25) is 10.0 Å². The van der Waals surface area contributed by atoms with Crippen LogP contribution >= 0.6 is 23.2 Å². The molecule has 1 fully saturated rings. The van der Waals surface area contributed by atoms with Gasteiger partial charge in [-0.2, -0.15) is 0 Å². The number of rotatable bonds is 4. The molecule has 9 heteroatoms. The summed E-state index contributed by atoms with van der Waals surface area (Å²) in [4.78, 5) is 22.3. The van der Waals surface area contributed by atoms with Crippen molar-refractivity contribution in [3.8, 4) is 5.69 Å². The maximum absolute atomic E-state index is 11.8. The number of nitrogens with zero attached hydrogens (tertiary/aromatic N) is 4. The zero-order chi connectivity index (χ0) is 19.1. The van der Waals surface area contributed by atoms with Gasteiger partial charge in [0.2, 0.25) is 0 Å². The van der Waals surface area contributed by atoms with Gasteiger partial charge >= 0.3 is 5.97 Å². The normalized spacial score (nSPS) is 19.7. The summed E-state index contributed by atoms with van der Waals surface area (Å²) in [5, 5.41) is 11.2. The average Bonchev–Trinajstić information content (AvgIpc) is 3.33. The first-order chi connectivity index (χ1) is 13.0. The molecule has 2 atom stereocenters. The minimum Gasteiger partial charge on any atom is -0.480 e. The summed E-state index contributed by atoms with van der Waals surface area (Å²) in [6.07, 6.45) is 5.32. The quantitative estimate of drug-likeness (QED) is 0.714. The summed E-state index contributed by atoms with van der Waals surface area (Å²) in [5.74, 6) is -0.454. The number of pyridine rings is 1. The highest BCUT2D eigenvalue weighted by molar-refractivity contribution is 6.45. The summed E-state index contributed by atoms with van der Waals surface area (Å²) < 4.78 is 7.19. The highest BCUT2D eigenvalue weighted by Gasteiger charge is 2.40. The number of aromatic nitrogens is 3. The molecule has 1 N–H and O–H groups in total. The van der Waals surface area contributed by atoms with Crippen LogP contribution in [-0.4, -0.2) is 51.4 Å². The minimum absolute atomic E-state index is 0.326. The standard InChI is InChI=1S/C18H16Cl2N4O3/c1-27-13-4-6-24(17(13)18(25)26)14-8-12(23-7-5-21-9-23)10-2-3-11(19)15(20)16(10)22-14/h2-3,5,7-9,13,17H,4,6H2,1H3,(H,25,26). The van der Waals surface area contributed by atoms with E-state index < -0.39 is 18.1 Å². The number of ether oxygens (including phenoxy) is 1. The van der Waals surface area contributed by atoms with Crippen molar-refractivity contribution in [1.82, 2.24) is 14.5 Å². The Kier molecular flexibility index (Phi) is 4.67. The van der Waals surface area contributed by atoms with Crippen molar-refractivity contribution < 1.29 is 14.6 Å². The second-order valence-corrected chi connectivity index (χ2v) is 7.05. The second kappa shape index (κ2) is 6.99. The Morgan fingerprint density at radius 1 is 1.37 bits per heavy atom. The smallest absolute Gasteiger partial charge is 0.329 e.